The lowest BCUT2D eigenvalue weighted by molar-refractivity contribution is -0.151. The second-order valence-electron chi connectivity index (χ2n) is 9.62. The van der Waals surface area contributed by atoms with Gasteiger partial charge in [-0.1, -0.05) is 13.0 Å². The Kier molecular flexibility index (Phi) is 4.36. The fraction of sp³-hybridized carbons (Fsp3) is 0.727. The standard InChI is InChI=1S/C22H30N2O3S/c1-2-22(6-4-7-24(22)19(25)17-5-3-8-28-17)20(26)23-18-15-9-14-10-16(18)13-21(27,11-14)12-15/h3,5,8,14-16,18,27H,2,4,6-7,9-13H2,1H3,(H,23,26). The van der Waals surface area contributed by atoms with Gasteiger partial charge in [0.1, 0.15) is 5.54 Å². The molecular weight excluding hydrogens is 372 g/mol. The van der Waals surface area contributed by atoms with Crippen LogP contribution < -0.4 is 5.32 Å². The van der Waals surface area contributed by atoms with E-state index in [4.69, 9.17) is 0 Å². The van der Waals surface area contributed by atoms with E-state index in [-0.39, 0.29) is 17.9 Å². The highest BCUT2D eigenvalue weighted by Gasteiger charge is 2.56. The summed E-state index contributed by atoms with van der Waals surface area (Å²) < 4.78 is 0. The molecule has 5 aliphatic rings. The maximum absolute atomic E-state index is 13.6. The molecule has 4 saturated carbocycles. The van der Waals surface area contributed by atoms with Crippen molar-refractivity contribution in [1.82, 2.24) is 10.2 Å². The molecule has 4 aliphatic carbocycles. The first-order valence-electron chi connectivity index (χ1n) is 10.8. The van der Waals surface area contributed by atoms with E-state index in [1.807, 2.05) is 29.3 Å². The van der Waals surface area contributed by atoms with E-state index in [0.717, 1.165) is 44.9 Å². The predicted octanol–water partition coefficient (Wildman–Crippen LogP) is 3.19. The average molecular weight is 403 g/mol. The van der Waals surface area contributed by atoms with Gasteiger partial charge in [0.15, 0.2) is 0 Å². The zero-order valence-corrected chi connectivity index (χ0v) is 17.3. The van der Waals surface area contributed by atoms with E-state index in [1.54, 1.807) is 0 Å². The Morgan fingerprint density at radius 2 is 2.04 bits per heavy atom. The molecule has 3 unspecified atom stereocenters. The molecule has 1 aromatic rings. The topological polar surface area (TPSA) is 69.6 Å². The van der Waals surface area contributed by atoms with Crippen LogP contribution in [0.15, 0.2) is 17.5 Å². The van der Waals surface area contributed by atoms with Crippen molar-refractivity contribution in [2.24, 2.45) is 17.8 Å². The molecule has 1 saturated heterocycles. The van der Waals surface area contributed by atoms with Crippen molar-refractivity contribution < 1.29 is 14.7 Å². The molecule has 0 spiro atoms. The fourth-order valence-corrected chi connectivity index (χ4v) is 7.65. The third-order valence-electron chi connectivity index (χ3n) is 8.01. The Balaban J connectivity index is 1.37. The smallest absolute Gasteiger partial charge is 0.264 e. The molecule has 2 heterocycles. The number of hydrogen-bond donors (Lipinski definition) is 2. The van der Waals surface area contributed by atoms with Gasteiger partial charge >= 0.3 is 0 Å². The van der Waals surface area contributed by atoms with Gasteiger partial charge in [-0.25, -0.2) is 0 Å². The molecule has 2 N–H and O–H groups in total. The van der Waals surface area contributed by atoms with Crippen molar-refractivity contribution in [1.29, 1.82) is 0 Å². The van der Waals surface area contributed by atoms with E-state index >= 15 is 0 Å². The lowest BCUT2D eigenvalue weighted by Gasteiger charge is -2.58. The number of carbonyl (C=O) groups excluding carboxylic acids is 2. The Morgan fingerprint density at radius 3 is 2.64 bits per heavy atom. The first-order valence-corrected chi connectivity index (χ1v) is 11.7. The van der Waals surface area contributed by atoms with Crippen LogP contribution in [0.5, 0.6) is 0 Å². The molecule has 5 fully saturated rings. The average Bonchev–Trinajstić information content (AvgIpc) is 3.32. The number of thiophene rings is 1. The number of nitrogens with zero attached hydrogens (tertiary/aromatic N) is 1. The van der Waals surface area contributed by atoms with Crippen LogP contribution in [-0.4, -0.2) is 45.5 Å². The minimum atomic E-state index is -0.730. The number of carbonyl (C=O) groups is 2. The van der Waals surface area contributed by atoms with Crippen molar-refractivity contribution in [3.63, 3.8) is 0 Å². The maximum atomic E-state index is 13.6. The minimum Gasteiger partial charge on any atom is -0.390 e. The summed E-state index contributed by atoms with van der Waals surface area (Å²) in [5, 5.41) is 16.1. The molecule has 152 valence electrons. The summed E-state index contributed by atoms with van der Waals surface area (Å²) in [7, 11) is 0. The molecule has 1 aromatic heterocycles. The molecule has 4 bridgehead atoms. The van der Waals surface area contributed by atoms with Crippen LogP contribution in [-0.2, 0) is 4.79 Å². The van der Waals surface area contributed by atoms with Gasteiger partial charge in [-0.05, 0) is 80.6 Å². The summed E-state index contributed by atoms with van der Waals surface area (Å²) in [5.41, 5.74) is -1.22. The Labute approximate surface area is 170 Å². The van der Waals surface area contributed by atoms with E-state index in [0.29, 0.717) is 35.6 Å². The van der Waals surface area contributed by atoms with Crippen molar-refractivity contribution in [3.05, 3.63) is 22.4 Å². The second-order valence-corrected chi connectivity index (χ2v) is 10.6. The molecule has 0 aromatic carbocycles. The van der Waals surface area contributed by atoms with Crippen LogP contribution in [0.25, 0.3) is 0 Å². The Morgan fingerprint density at radius 1 is 1.29 bits per heavy atom. The van der Waals surface area contributed by atoms with Gasteiger partial charge in [0.05, 0.1) is 10.5 Å². The van der Waals surface area contributed by atoms with Crippen LogP contribution >= 0.6 is 11.3 Å². The number of likely N-dealkylation sites (tertiary alicyclic amines) is 1. The summed E-state index contributed by atoms with van der Waals surface area (Å²) in [6.45, 7) is 2.68. The molecule has 2 amide bonds. The zero-order chi connectivity index (χ0) is 19.5. The number of aliphatic hydroxyl groups is 1. The summed E-state index contributed by atoms with van der Waals surface area (Å²) in [5.74, 6) is 1.42. The van der Waals surface area contributed by atoms with Crippen molar-refractivity contribution in [2.45, 2.75) is 75.5 Å². The fourth-order valence-electron chi connectivity index (χ4n) is 6.97. The normalized spacial score (nSPS) is 41.4. The van der Waals surface area contributed by atoms with Gasteiger partial charge in [0.2, 0.25) is 5.91 Å². The second kappa shape index (κ2) is 6.56. The summed E-state index contributed by atoms with van der Waals surface area (Å²) in [4.78, 5) is 29.2. The first-order chi connectivity index (χ1) is 13.4. The van der Waals surface area contributed by atoms with Crippen molar-refractivity contribution in [3.8, 4) is 0 Å². The molecule has 5 nitrogen and oxygen atoms in total. The molecule has 6 heteroatoms. The lowest BCUT2D eigenvalue weighted by atomic mass is 9.52. The number of rotatable bonds is 4. The van der Waals surface area contributed by atoms with Crippen molar-refractivity contribution >= 4 is 23.2 Å². The summed E-state index contributed by atoms with van der Waals surface area (Å²) in [6, 6.07) is 3.90. The monoisotopic (exact) mass is 402 g/mol. The number of amides is 2. The SMILES string of the molecule is CCC1(C(=O)NC2C3CC4CC2CC(O)(C4)C3)CCCN1C(=O)c1cccs1. The predicted molar refractivity (Wildman–Crippen MR) is 108 cm³/mol. The molecule has 3 atom stereocenters. The molecule has 0 radical (unpaired) electrons. The molecule has 1 aliphatic heterocycles. The van der Waals surface area contributed by atoms with Crippen LogP contribution in [0.2, 0.25) is 0 Å². The van der Waals surface area contributed by atoms with Gasteiger partial charge in [-0.15, -0.1) is 11.3 Å². The van der Waals surface area contributed by atoms with E-state index in [2.05, 4.69) is 5.32 Å². The molecule has 28 heavy (non-hydrogen) atoms. The minimum absolute atomic E-state index is 0.0103. The van der Waals surface area contributed by atoms with Gasteiger partial charge in [-0.3, -0.25) is 9.59 Å². The van der Waals surface area contributed by atoms with Crippen LogP contribution in [0.1, 0.15) is 68.0 Å². The molecule has 6 rings (SSSR count). The van der Waals surface area contributed by atoms with Gasteiger partial charge in [0.25, 0.3) is 5.91 Å². The van der Waals surface area contributed by atoms with Crippen LogP contribution in [0, 0.1) is 17.8 Å². The van der Waals surface area contributed by atoms with Crippen LogP contribution in [0.4, 0.5) is 0 Å². The van der Waals surface area contributed by atoms with E-state index in [1.165, 1.54) is 11.3 Å². The van der Waals surface area contributed by atoms with E-state index in [9.17, 15) is 14.7 Å². The maximum Gasteiger partial charge on any atom is 0.264 e. The molecular formula is C22H30N2O3S. The third-order valence-corrected chi connectivity index (χ3v) is 8.87. The lowest BCUT2D eigenvalue weighted by Crippen LogP contribution is -2.65. The highest BCUT2D eigenvalue weighted by molar-refractivity contribution is 7.12. The Bertz CT molecular complexity index is 763. The highest BCUT2D eigenvalue weighted by atomic mass is 32.1. The van der Waals surface area contributed by atoms with Gasteiger partial charge in [0, 0.05) is 12.6 Å². The van der Waals surface area contributed by atoms with Crippen molar-refractivity contribution in [2.75, 3.05) is 6.54 Å². The Hall–Kier alpha value is -1.40. The first kappa shape index (κ1) is 18.6. The number of hydrogen-bond acceptors (Lipinski definition) is 4. The quantitative estimate of drug-likeness (QED) is 0.813. The zero-order valence-electron chi connectivity index (χ0n) is 16.5. The third kappa shape index (κ3) is 2.75. The summed E-state index contributed by atoms with van der Waals surface area (Å²) >= 11 is 1.44. The largest absolute Gasteiger partial charge is 0.390 e. The summed E-state index contributed by atoms with van der Waals surface area (Å²) in [6.07, 6.45) is 7.09. The van der Waals surface area contributed by atoms with Gasteiger partial charge in [-0.2, -0.15) is 0 Å². The highest BCUT2D eigenvalue weighted by Crippen LogP contribution is 2.55. The van der Waals surface area contributed by atoms with Gasteiger partial charge < -0.3 is 15.3 Å². The van der Waals surface area contributed by atoms with Crippen LogP contribution in [0.3, 0.4) is 0 Å². The van der Waals surface area contributed by atoms with E-state index < -0.39 is 11.1 Å². The number of nitrogens with one attached hydrogen (secondary N) is 1.